The van der Waals surface area contributed by atoms with Crippen LogP contribution in [0.4, 0.5) is 0 Å². The van der Waals surface area contributed by atoms with Crippen molar-refractivity contribution < 1.29 is 9.53 Å². The lowest BCUT2D eigenvalue weighted by molar-refractivity contribution is 0.101. The van der Waals surface area contributed by atoms with Gasteiger partial charge in [-0.25, -0.2) is 4.68 Å². The minimum Gasteiger partial charge on any atom is -0.496 e. The molecule has 0 aliphatic heterocycles. The molecule has 2 N–H and O–H groups in total. The zero-order chi connectivity index (χ0) is 21.1. The highest BCUT2D eigenvalue weighted by molar-refractivity contribution is 7.98. The highest BCUT2D eigenvalue weighted by atomic mass is 32.2. The first-order valence-electron chi connectivity index (χ1n) is 9.53. The Kier molecular flexibility index (Phi) is 5.72. The number of hydrogen-bond donors (Lipinski definition) is 1. The van der Waals surface area contributed by atoms with Gasteiger partial charge in [0, 0.05) is 23.3 Å². The lowest BCUT2D eigenvalue weighted by Crippen LogP contribution is -2.14. The zero-order valence-electron chi connectivity index (χ0n) is 16.8. The molecule has 0 saturated carbocycles. The number of aromatic nitrogens is 3. The molecular weight excluding hydrogens is 396 g/mol. The fraction of sp³-hybridized carbons (Fsp3) is 0.174. The second-order valence-corrected chi connectivity index (χ2v) is 7.90. The Morgan fingerprint density at radius 1 is 1.07 bits per heavy atom. The first-order chi connectivity index (χ1) is 14.6. The molecule has 0 bridgehead atoms. The van der Waals surface area contributed by atoms with Gasteiger partial charge in [0.05, 0.1) is 7.11 Å². The van der Waals surface area contributed by atoms with E-state index >= 15 is 0 Å². The summed E-state index contributed by atoms with van der Waals surface area (Å²) in [5.74, 6) is 8.30. The van der Waals surface area contributed by atoms with Crippen molar-refractivity contribution in [2.75, 3.05) is 13.0 Å². The van der Waals surface area contributed by atoms with Crippen LogP contribution in [-0.4, -0.2) is 27.8 Å². The fourth-order valence-corrected chi connectivity index (χ4v) is 4.25. The molecule has 0 saturated heterocycles. The van der Waals surface area contributed by atoms with E-state index < -0.39 is 0 Å². The van der Waals surface area contributed by atoms with Crippen LogP contribution in [-0.2, 0) is 12.2 Å². The number of fused-ring (bicyclic) bond motifs is 1. The van der Waals surface area contributed by atoms with Crippen molar-refractivity contribution in [3.05, 3.63) is 83.2 Å². The molecule has 0 spiro atoms. The first-order valence-corrected chi connectivity index (χ1v) is 10.5. The zero-order valence-corrected chi connectivity index (χ0v) is 17.6. The normalized spacial score (nSPS) is 11.0. The number of carbonyl (C=O) groups excluding carboxylic acids is 1. The molecule has 1 heterocycles. The second-order valence-electron chi connectivity index (χ2n) is 6.96. The third kappa shape index (κ3) is 4.02. The Bertz CT molecular complexity index is 1210. The lowest BCUT2D eigenvalue weighted by Gasteiger charge is -2.10. The second kappa shape index (κ2) is 8.59. The number of nitrogen functional groups attached to an aromatic ring is 1. The SMILES string of the molecule is COc1ccc(C(C)=O)cc1CSc1nnc(Cc2cccc3ccccc23)n1N. The molecule has 1 aromatic heterocycles. The van der Waals surface area contributed by atoms with E-state index in [4.69, 9.17) is 10.6 Å². The number of ketones is 1. The topological polar surface area (TPSA) is 83.0 Å². The molecule has 3 aromatic carbocycles. The van der Waals surface area contributed by atoms with E-state index in [0.29, 0.717) is 28.7 Å². The van der Waals surface area contributed by atoms with Crippen molar-refractivity contribution >= 4 is 28.3 Å². The molecule has 7 heteroatoms. The van der Waals surface area contributed by atoms with Crippen molar-refractivity contribution in [3.8, 4) is 5.75 Å². The van der Waals surface area contributed by atoms with Crippen LogP contribution in [0.25, 0.3) is 10.8 Å². The molecule has 4 rings (SSSR count). The number of hydrogen-bond acceptors (Lipinski definition) is 6. The number of benzene rings is 3. The molecule has 0 radical (unpaired) electrons. The van der Waals surface area contributed by atoms with Crippen LogP contribution < -0.4 is 10.6 Å². The highest BCUT2D eigenvalue weighted by Crippen LogP contribution is 2.28. The summed E-state index contributed by atoms with van der Waals surface area (Å²) < 4.78 is 6.96. The summed E-state index contributed by atoms with van der Waals surface area (Å²) in [5, 5.41) is 11.5. The number of Topliss-reactive ketones (excluding diaryl/α,β-unsaturated/α-hetero) is 1. The molecule has 0 amide bonds. The minimum absolute atomic E-state index is 0.0169. The van der Waals surface area contributed by atoms with E-state index in [0.717, 1.165) is 16.9 Å². The predicted molar refractivity (Wildman–Crippen MR) is 119 cm³/mol. The van der Waals surface area contributed by atoms with Crippen molar-refractivity contribution in [2.45, 2.75) is 24.3 Å². The molecule has 0 aliphatic rings. The molecule has 0 fully saturated rings. The Morgan fingerprint density at radius 2 is 1.87 bits per heavy atom. The fourth-order valence-electron chi connectivity index (χ4n) is 3.40. The van der Waals surface area contributed by atoms with Crippen LogP contribution in [0.1, 0.15) is 34.2 Å². The van der Waals surface area contributed by atoms with E-state index in [2.05, 4.69) is 34.5 Å². The standard InChI is InChI=1S/C23H22N4O2S/c1-15(28)17-10-11-21(29-2)19(12-17)14-30-23-26-25-22(27(23)24)13-18-8-5-7-16-6-3-4-9-20(16)18/h3-12H,13-14,24H2,1-2H3. The largest absolute Gasteiger partial charge is 0.496 e. The van der Waals surface area contributed by atoms with Crippen molar-refractivity contribution in [1.82, 2.24) is 14.9 Å². The summed E-state index contributed by atoms with van der Waals surface area (Å²) in [6, 6.07) is 19.9. The number of ether oxygens (including phenoxy) is 1. The van der Waals surface area contributed by atoms with Crippen LogP contribution in [0.3, 0.4) is 0 Å². The highest BCUT2D eigenvalue weighted by Gasteiger charge is 2.14. The van der Waals surface area contributed by atoms with Gasteiger partial charge in [-0.3, -0.25) is 4.79 Å². The van der Waals surface area contributed by atoms with Crippen LogP contribution in [0.15, 0.2) is 65.8 Å². The number of rotatable bonds is 7. The summed E-state index contributed by atoms with van der Waals surface area (Å²) in [5.41, 5.74) is 2.71. The molecule has 0 atom stereocenters. The number of nitrogens with two attached hydrogens (primary N) is 1. The van der Waals surface area contributed by atoms with Crippen molar-refractivity contribution in [1.29, 1.82) is 0 Å². The Hall–Kier alpha value is -3.32. The van der Waals surface area contributed by atoms with Crippen molar-refractivity contribution in [2.24, 2.45) is 0 Å². The summed E-state index contributed by atoms with van der Waals surface area (Å²) in [6.07, 6.45) is 0.592. The van der Waals surface area contributed by atoms with Crippen LogP contribution >= 0.6 is 11.8 Å². The molecule has 30 heavy (non-hydrogen) atoms. The van der Waals surface area contributed by atoms with Gasteiger partial charge in [-0.15, -0.1) is 10.2 Å². The summed E-state index contributed by atoms with van der Waals surface area (Å²) in [6.45, 7) is 1.55. The number of carbonyl (C=O) groups is 1. The lowest BCUT2D eigenvalue weighted by atomic mass is 10.0. The average Bonchev–Trinajstić information content (AvgIpc) is 3.11. The molecule has 6 nitrogen and oxygen atoms in total. The van der Waals surface area contributed by atoms with E-state index in [-0.39, 0.29) is 5.78 Å². The first kappa shape index (κ1) is 20.0. The average molecular weight is 419 g/mol. The maximum absolute atomic E-state index is 11.7. The van der Waals surface area contributed by atoms with Gasteiger partial charge >= 0.3 is 0 Å². The molecular formula is C23H22N4O2S. The maximum Gasteiger partial charge on any atom is 0.210 e. The smallest absolute Gasteiger partial charge is 0.210 e. The molecule has 4 aromatic rings. The minimum atomic E-state index is 0.0169. The van der Waals surface area contributed by atoms with Gasteiger partial charge in [-0.2, -0.15) is 0 Å². The van der Waals surface area contributed by atoms with Crippen LogP contribution in [0.5, 0.6) is 5.75 Å². The van der Waals surface area contributed by atoms with E-state index in [9.17, 15) is 4.79 Å². The van der Waals surface area contributed by atoms with Crippen LogP contribution in [0, 0.1) is 0 Å². The van der Waals surface area contributed by atoms with Crippen molar-refractivity contribution in [3.63, 3.8) is 0 Å². The molecule has 0 unspecified atom stereocenters. The van der Waals surface area contributed by atoms with Gasteiger partial charge in [-0.1, -0.05) is 54.2 Å². The number of methoxy groups -OCH3 is 1. The third-order valence-electron chi connectivity index (χ3n) is 5.01. The monoisotopic (exact) mass is 418 g/mol. The van der Waals surface area contributed by atoms with E-state index in [1.165, 1.54) is 27.2 Å². The third-order valence-corrected chi connectivity index (χ3v) is 6.00. The van der Waals surface area contributed by atoms with Gasteiger partial charge in [0.2, 0.25) is 5.16 Å². The summed E-state index contributed by atoms with van der Waals surface area (Å²) in [7, 11) is 1.62. The van der Waals surface area contributed by atoms with Gasteiger partial charge in [0.1, 0.15) is 5.75 Å². The summed E-state index contributed by atoms with van der Waals surface area (Å²) >= 11 is 1.46. The predicted octanol–water partition coefficient (Wildman–Crippen LogP) is 4.24. The molecule has 152 valence electrons. The Morgan fingerprint density at radius 3 is 2.67 bits per heavy atom. The number of thioether (sulfide) groups is 1. The van der Waals surface area contributed by atoms with Gasteiger partial charge in [-0.05, 0) is 41.5 Å². The Balaban J connectivity index is 1.54. The van der Waals surface area contributed by atoms with Gasteiger partial charge in [0.25, 0.3) is 0 Å². The van der Waals surface area contributed by atoms with Gasteiger partial charge < -0.3 is 10.6 Å². The van der Waals surface area contributed by atoms with E-state index in [1.54, 1.807) is 20.1 Å². The van der Waals surface area contributed by atoms with E-state index in [1.807, 2.05) is 30.3 Å². The van der Waals surface area contributed by atoms with Gasteiger partial charge in [0.15, 0.2) is 11.6 Å². The maximum atomic E-state index is 11.7. The molecule has 0 aliphatic carbocycles. The quantitative estimate of drug-likeness (QED) is 0.275. The number of nitrogens with zero attached hydrogens (tertiary/aromatic N) is 3. The van der Waals surface area contributed by atoms with Crippen LogP contribution in [0.2, 0.25) is 0 Å². The summed E-state index contributed by atoms with van der Waals surface area (Å²) in [4.78, 5) is 11.7. The Labute approximate surface area is 179 Å².